The van der Waals surface area contributed by atoms with Gasteiger partial charge in [0.15, 0.2) is 6.61 Å². The molecule has 0 bridgehead atoms. The minimum atomic E-state index is -0.889. The van der Waals surface area contributed by atoms with Crippen molar-refractivity contribution in [2.75, 3.05) is 17.2 Å². The zero-order chi connectivity index (χ0) is 25.4. The van der Waals surface area contributed by atoms with Crippen LogP contribution in [0.1, 0.15) is 27.8 Å². The molecular formula is C27H28N4O4. The average molecular weight is 473 g/mol. The molecule has 0 aromatic heterocycles. The third kappa shape index (κ3) is 7.01. The Morgan fingerprint density at radius 3 is 1.91 bits per heavy atom. The van der Waals surface area contributed by atoms with Crippen molar-refractivity contribution in [1.29, 1.82) is 0 Å². The van der Waals surface area contributed by atoms with E-state index in [1.807, 2.05) is 64.1 Å². The van der Waals surface area contributed by atoms with E-state index >= 15 is 0 Å². The van der Waals surface area contributed by atoms with E-state index in [2.05, 4.69) is 21.2 Å². The van der Waals surface area contributed by atoms with Crippen molar-refractivity contribution >= 4 is 35.3 Å². The SMILES string of the molecule is Cc1cccc(C)c1NC(=O)COc1cccc(/C=N\NC(=O)C(=O)Nc2c(C)cccc2C)c1. The highest BCUT2D eigenvalue weighted by atomic mass is 16.5. The van der Waals surface area contributed by atoms with Crippen molar-refractivity contribution in [3.63, 3.8) is 0 Å². The van der Waals surface area contributed by atoms with Gasteiger partial charge in [0.05, 0.1) is 6.21 Å². The highest BCUT2D eigenvalue weighted by Crippen LogP contribution is 2.20. The Morgan fingerprint density at radius 1 is 0.771 bits per heavy atom. The summed E-state index contributed by atoms with van der Waals surface area (Å²) in [5.74, 6) is -1.51. The van der Waals surface area contributed by atoms with Crippen molar-refractivity contribution in [1.82, 2.24) is 5.43 Å². The first-order valence-corrected chi connectivity index (χ1v) is 11.0. The molecule has 0 heterocycles. The molecule has 3 amide bonds. The van der Waals surface area contributed by atoms with Crippen LogP contribution in [-0.4, -0.2) is 30.5 Å². The van der Waals surface area contributed by atoms with Crippen LogP contribution in [0.25, 0.3) is 0 Å². The van der Waals surface area contributed by atoms with Crippen molar-refractivity contribution < 1.29 is 19.1 Å². The van der Waals surface area contributed by atoms with Crippen LogP contribution < -0.4 is 20.8 Å². The maximum Gasteiger partial charge on any atom is 0.329 e. The van der Waals surface area contributed by atoms with E-state index in [1.54, 1.807) is 24.3 Å². The highest BCUT2D eigenvalue weighted by Gasteiger charge is 2.15. The van der Waals surface area contributed by atoms with Crippen LogP contribution >= 0.6 is 0 Å². The van der Waals surface area contributed by atoms with Gasteiger partial charge in [0.25, 0.3) is 5.91 Å². The Bertz CT molecular complexity index is 1240. The van der Waals surface area contributed by atoms with Crippen molar-refractivity contribution in [3.8, 4) is 5.75 Å². The van der Waals surface area contributed by atoms with E-state index in [1.165, 1.54) is 6.21 Å². The molecule has 0 spiro atoms. The molecule has 0 saturated carbocycles. The minimum absolute atomic E-state index is 0.163. The van der Waals surface area contributed by atoms with E-state index in [0.29, 0.717) is 17.0 Å². The maximum absolute atomic E-state index is 12.3. The normalized spacial score (nSPS) is 10.6. The number of carbonyl (C=O) groups is 3. The summed E-state index contributed by atoms with van der Waals surface area (Å²) >= 11 is 0. The predicted octanol–water partition coefficient (Wildman–Crippen LogP) is 4.03. The number of para-hydroxylation sites is 2. The van der Waals surface area contributed by atoms with Gasteiger partial charge < -0.3 is 15.4 Å². The Labute approximate surface area is 204 Å². The third-order valence-electron chi connectivity index (χ3n) is 5.28. The lowest BCUT2D eigenvalue weighted by atomic mass is 10.1. The predicted molar refractivity (Wildman–Crippen MR) is 137 cm³/mol. The van der Waals surface area contributed by atoms with Crippen LogP contribution in [0.5, 0.6) is 5.75 Å². The van der Waals surface area contributed by atoms with Gasteiger partial charge in [0, 0.05) is 11.4 Å². The monoisotopic (exact) mass is 472 g/mol. The maximum atomic E-state index is 12.3. The van der Waals surface area contributed by atoms with Gasteiger partial charge in [-0.1, -0.05) is 48.5 Å². The second-order valence-electron chi connectivity index (χ2n) is 8.10. The van der Waals surface area contributed by atoms with Crippen LogP contribution in [0.2, 0.25) is 0 Å². The van der Waals surface area contributed by atoms with Crippen LogP contribution in [0.15, 0.2) is 65.8 Å². The van der Waals surface area contributed by atoms with Gasteiger partial charge >= 0.3 is 11.8 Å². The molecule has 0 radical (unpaired) electrons. The Hall–Kier alpha value is -4.46. The smallest absolute Gasteiger partial charge is 0.329 e. The molecule has 0 atom stereocenters. The van der Waals surface area contributed by atoms with Gasteiger partial charge in [-0.25, -0.2) is 5.43 Å². The number of aryl methyl sites for hydroxylation is 4. The second kappa shape index (κ2) is 11.6. The first-order chi connectivity index (χ1) is 16.7. The molecule has 3 aromatic carbocycles. The Balaban J connectivity index is 1.52. The van der Waals surface area contributed by atoms with E-state index in [0.717, 1.165) is 27.9 Å². The fourth-order valence-electron chi connectivity index (χ4n) is 3.42. The van der Waals surface area contributed by atoms with Crippen molar-refractivity contribution in [2.45, 2.75) is 27.7 Å². The number of hydrazone groups is 1. The lowest BCUT2D eigenvalue weighted by molar-refractivity contribution is -0.136. The van der Waals surface area contributed by atoms with Gasteiger partial charge in [0.2, 0.25) is 0 Å². The number of ether oxygens (including phenoxy) is 1. The van der Waals surface area contributed by atoms with E-state index in [-0.39, 0.29) is 12.5 Å². The minimum Gasteiger partial charge on any atom is -0.484 e. The topological polar surface area (TPSA) is 109 Å². The molecule has 8 nitrogen and oxygen atoms in total. The van der Waals surface area contributed by atoms with Crippen LogP contribution in [0.3, 0.4) is 0 Å². The first-order valence-electron chi connectivity index (χ1n) is 11.0. The number of anilines is 2. The standard InChI is InChI=1S/C27H28N4O4/c1-17-8-5-9-18(2)24(17)29-23(32)16-35-22-13-7-12-21(14-22)15-28-31-27(34)26(33)30-25-19(3)10-6-11-20(25)4/h5-15H,16H2,1-4H3,(H,29,32)(H,30,33)(H,31,34)/b28-15-. The summed E-state index contributed by atoms with van der Waals surface area (Å²) < 4.78 is 5.59. The number of benzene rings is 3. The van der Waals surface area contributed by atoms with Gasteiger partial charge in [0.1, 0.15) is 5.75 Å². The molecular weight excluding hydrogens is 444 g/mol. The van der Waals surface area contributed by atoms with Gasteiger partial charge in [-0.05, 0) is 67.6 Å². The Morgan fingerprint density at radius 2 is 1.31 bits per heavy atom. The molecule has 0 aliphatic heterocycles. The number of rotatable bonds is 7. The van der Waals surface area contributed by atoms with Crippen molar-refractivity contribution in [2.24, 2.45) is 5.10 Å². The van der Waals surface area contributed by atoms with E-state index in [9.17, 15) is 14.4 Å². The van der Waals surface area contributed by atoms with Gasteiger partial charge in [-0.2, -0.15) is 5.10 Å². The average Bonchev–Trinajstić information content (AvgIpc) is 2.82. The van der Waals surface area contributed by atoms with E-state index in [4.69, 9.17) is 4.74 Å². The molecule has 3 aromatic rings. The fourth-order valence-corrected chi connectivity index (χ4v) is 3.42. The number of carbonyl (C=O) groups excluding carboxylic acids is 3. The van der Waals surface area contributed by atoms with Crippen LogP contribution in [0.4, 0.5) is 11.4 Å². The summed E-state index contributed by atoms with van der Waals surface area (Å²) in [7, 11) is 0. The first kappa shape index (κ1) is 25.2. The molecule has 35 heavy (non-hydrogen) atoms. The molecule has 0 fully saturated rings. The molecule has 0 aliphatic carbocycles. The highest BCUT2D eigenvalue weighted by molar-refractivity contribution is 6.39. The van der Waals surface area contributed by atoms with E-state index < -0.39 is 11.8 Å². The second-order valence-corrected chi connectivity index (χ2v) is 8.10. The summed E-state index contributed by atoms with van der Waals surface area (Å²) in [5, 5.41) is 9.31. The largest absolute Gasteiger partial charge is 0.484 e. The summed E-state index contributed by atoms with van der Waals surface area (Å²) in [6.45, 7) is 7.39. The number of nitrogens with zero attached hydrogens (tertiary/aromatic N) is 1. The number of hydrogen-bond acceptors (Lipinski definition) is 5. The van der Waals surface area contributed by atoms with Crippen molar-refractivity contribution in [3.05, 3.63) is 88.5 Å². The molecule has 0 aliphatic rings. The lowest BCUT2D eigenvalue weighted by Crippen LogP contribution is -2.32. The van der Waals surface area contributed by atoms with Gasteiger partial charge in [-0.15, -0.1) is 0 Å². The molecule has 0 unspecified atom stereocenters. The fraction of sp³-hybridized carbons (Fsp3) is 0.185. The van der Waals surface area contributed by atoms with Crippen LogP contribution in [-0.2, 0) is 14.4 Å². The number of amides is 3. The third-order valence-corrected chi connectivity index (χ3v) is 5.28. The quantitative estimate of drug-likeness (QED) is 0.274. The van der Waals surface area contributed by atoms with Gasteiger partial charge in [-0.3, -0.25) is 14.4 Å². The summed E-state index contributed by atoms with van der Waals surface area (Å²) in [5.41, 5.74) is 7.87. The molecule has 3 N–H and O–H groups in total. The zero-order valence-electron chi connectivity index (χ0n) is 20.1. The molecule has 8 heteroatoms. The lowest BCUT2D eigenvalue weighted by Gasteiger charge is -2.12. The number of hydrogen-bond donors (Lipinski definition) is 3. The summed E-state index contributed by atoms with van der Waals surface area (Å²) in [4.78, 5) is 36.6. The summed E-state index contributed by atoms with van der Waals surface area (Å²) in [6.07, 6.45) is 1.38. The summed E-state index contributed by atoms with van der Waals surface area (Å²) in [6, 6.07) is 18.2. The zero-order valence-corrected chi connectivity index (χ0v) is 20.1. The number of nitrogens with one attached hydrogen (secondary N) is 3. The molecule has 3 rings (SSSR count). The van der Waals surface area contributed by atoms with Crippen LogP contribution in [0, 0.1) is 27.7 Å². The molecule has 0 saturated heterocycles. The molecule has 180 valence electrons. The Kier molecular flexibility index (Phi) is 8.34.